The normalized spacial score (nSPS) is 16.1. The zero-order valence-corrected chi connectivity index (χ0v) is 18.9. The van der Waals surface area contributed by atoms with Crippen molar-refractivity contribution in [1.29, 1.82) is 0 Å². The van der Waals surface area contributed by atoms with Crippen molar-refractivity contribution < 1.29 is 9.18 Å². The van der Waals surface area contributed by atoms with E-state index in [1.807, 2.05) is 30.3 Å². The lowest BCUT2D eigenvalue weighted by atomic mass is 10.2. The van der Waals surface area contributed by atoms with Crippen molar-refractivity contribution in [2.45, 2.75) is 16.4 Å². The summed E-state index contributed by atoms with van der Waals surface area (Å²) >= 11 is 24.1. The van der Waals surface area contributed by atoms with Crippen LogP contribution < -0.4 is 10.2 Å². The molecule has 1 N–H and O–H groups in total. The van der Waals surface area contributed by atoms with Crippen LogP contribution in [0.25, 0.3) is 6.08 Å². The summed E-state index contributed by atoms with van der Waals surface area (Å²) in [5.74, 6) is -0.844. The minimum absolute atomic E-state index is 0.273. The largest absolute Gasteiger partial charge is 0.328 e. The lowest BCUT2D eigenvalue weighted by molar-refractivity contribution is -0.117. The Hall–Kier alpha value is -1.86. The molecule has 2 aromatic rings. The number of nitrogens with zero attached hydrogens (tertiary/aromatic N) is 2. The first-order valence-electron chi connectivity index (χ1n) is 9.20. The molecule has 1 atom stereocenters. The van der Waals surface area contributed by atoms with Crippen LogP contribution in [0.1, 0.15) is 12.0 Å². The molecule has 0 radical (unpaired) electrons. The Morgan fingerprint density at radius 3 is 2.43 bits per heavy atom. The van der Waals surface area contributed by atoms with Gasteiger partial charge in [-0.2, -0.15) is 0 Å². The summed E-state index contributed by atoms with van der Waals surface area (Å²) in [6.45, 7) is 0.968. The Labute approximate surface area is 195 Å². The van der Waals surface area contributed by atoms with E-state index in [0.717, 1.165) is 5.56 Å². The van der Waals surface area contributed by atoms with Gasteiger partial charge in [0, 0.05) is 19.2 Å². The fourth-order valence-corrected chi connectivity index (χ4v) is 4.04. The molecule has 1 amide bonds. The van der Waals surface area contributed by atoms with Gasteiger partial charge in [0.25, 0.3) is 0 Å². The molecule has 1 saturated heterocycles. The summed E-state index contributed by atoms with van der Waals surface area (Å²) in [5.41, 5.74) is 1.20. The zero-order valence-electron chi connectivity index (χ0n) is 15.8. The summed E-state index contributed by atoms with van der Waals surface area (Å²) in [5, 5.41) is 2.98. The molecule has 0 aromatic heterocycles. The third-order valence-corrected chi connectivity index (χ3v) is 5.60. The number of amides is 1. The van der Waals surface area contributed by atoms with E-state index >= 15 is 0 Å². The average Bonchev–Trinajstić information content (AvgIpc) is 2.72. The molecule has 1 aliphatic heterocycles. The number of hydrogen-bond acceptors (Lipinski definition) is 2. The minimum atomic E-state index is -1.86. The van der Waals surface area contributed by atoms with Crippen molar-refractivity contribution in [2.24, 2.45) is 0 Å². The molecule has 1 aliphatic rings. The quantitative estimate of drug-likeness (QED) is 0.360. The Morgan fingerprint density at radius 2 is 1.77 bits per heavy atom. The van der Waals surface area contributed by atoms with Gasteiger partial charge in [-0.15, -0.1) is 0 Å². The number of carbonyl (C=O) groups is 1. The molecular formula is C21H19Cl3FN3OS. The van der Waals surface area contributed by atoms with E-state index in [2.05, 4.69) is 5.32 Å². The molecule has 0 saturated carbocycles. The van der Waals surface area contributed by atoms with Crippen molar-refractivity contribution in [3.63, 3.8) is 0 Å². The third kappa shape index (κ3) is 5.64. The van der Waals surface area contributed by atoms with E-state index in [-0.39, 0.29) is 5.11 Å². The highest BCUT2D eigenvalue weighted by Crippen LogP contribution is 2.34. The maximum atomic E-state index is 14.3. The van der Waals surface area contributed by atoms with E-state index in [0.29, 0.717) is 25.2 Å². The van der Waals surface area contributed by atoms with E-state index in [4.69, 9.17) is 47.0 Å². The summed E-state index contributed by atoms with van der Waals surface area (Å²) in [6, 6.07) is 15.7. The molecule has 1 fully saturated rings. The topological polar surface area (TPSA) is 35.6 Å². The summed E-state index contributed by atoms with van der Waals surface area (Å²) in [6.07, 6.45) is 2.63. The first kappa shape index (κ1) is 22.8. The van der Waals surface area contributed by atoms with Gasteiger partial charge >= 0.3 is 0 Å². The summed E-state index contributed by atoms with van der Waals surface area (Å²) in [4.78, 5) is 15.8. The van der Waals surface area contributed by atoms with E-state index < -0.39 is 21.7 Å². The van der Waals surface area contributed by atoms with E-state index in [9.17, 15) is 9.18 Å². The lowest BCUT2D eigenvalue weighted by Crippen LogP contribution is -2.62. The highest BCUT2D eigenvalue weighted by atomic mass is 35.6. The van der Waals surface area contributed by atoms with Gasteiger partial charge in [-0.25, -0.2) is 4.39 Å². The number of thiocarbonyl (C=S) groups is 1. The van der Waals surface area contributed by atoms with Crippen LogP contribution in [0, 0.1) is 5.82 Å². The molecule has 4 nitrogen and oxygen atoms in total. The fraction of sp³-hybridized carbons (Fsp3) is 0.238. The van der Waals surface area contributed by atoms with Gasteiger partial charge in [-0.1, -0.05) is 77.3 Å². The van der Waals surface area contributed by atoms with E-state index in [1.165, 1.54) is 12.1 Å². The van der Waals surface area contributed by atoms with Crippen LogP contribution in [0.4, 0.5) is 10.1 Å². The van der Waals surface area contributed by atoms with Crippen molar-refractivity contribution >= 4 is 69.8 Å². The van der Waals surface area contributed by atoms with Crippen molar-refractivity contribution in [1.82, 2.24) is 10.2 Å². The smallest absolute Gasteiger partial charge is 0.245 e. The van der Waals surface area contributed by atoms with Crippen molar-refractivity contribution in [2.75, 3.05) is 18.0 Å². The van der Waals surface area contributed by atoms with Crippen LogP contribution in [-0.4, -0.2) is 39.0 Å². The van der Waals surface area contributed by atoms with Gasteiger partial charge < -0.3 is 15.1 Å². The number of carbonyl (C=O) groups excluding carboxylic acids is 1. The van der Waals surface area contributed by atoms with Gasteiger partial charge in [0.1, 0.15) is 5.82 Å². The average molecular weight is 487 g/mol. The number of nitrogens with one attached hydrogen (secondary N) is 1. The number of halogens is 4. The van der Waals surface area contributed by atoms with Gasteiger partial charge in [-0.3, -0.25) is 4.79 Å². The molecule has 1 unspecified atom stereocenters. The highest BCUT2D eigenvalue weighted by Gasteiger charge is 2.42. The van der Waals surface area contributed by atoms with Gasteiger partial charge in [0.2, 0.25) is 9.70 Å². The van der Waals surface area contributed by atoms with E-state index in [1.54, 1.807) is 34.1 Å². The van der Waals surface area contributed by atoms with Crippen LogP contribution in [0.15, 0.2) is 60.7 Å². The minimum Gasteiger partial charge on any atom is -0.328 e. The Bertz CT molecular complexity index is 937. The monoisotopic (exact) mass is 485 g/mol. The zero-order chi connectivity index (χ0) is 21.7. The number of rotatable bonds is 5. The summed E-state index contributed by atoms with van der Waals surface area (Å²) < 4.78 is 12.4. The number of anilines is 1. The van der Waals surface area contributed by atoms with Crippen LogP contribution in [0.5, 0.6) is 0 Å². The van der Waals surface area contributed by atoms with Gasteiger partial charge in [-0.05, 0) is 42.4 Å². The predicted octanol–water partition coefficient (Wildman–Crippen LogP) is 5.15. The Balaban J connectivity index is 1.79. The first-order chi connectivity index (χ1) is 14.3. The predicted molar refractivity (Wildman–Crippen MR) is 125 cm³/mol. The molecule has 0 spiro atoms. The van der Waals surface area contributed by atoms with Crippen LogP contribution >= 0.6 is 47.0 Å². The molecule has 0 aliphatic carbocycles. The maximum Gasteiger partial charge on any atom is 0.245 e. The molecule has 9 heteroatoms. The van der Waals surface area contributed by atoms with Crippen LogP contribution in [-0.2, 0) is 4.79 Å². The maximum absolute atomic E-state index is 14.3. The molecule has 2 aromatic carbocycles. The lowest BCUT2D eigenvalue weighted by Gasteiger charge is -2.44. The van der Waals surface area contributed by atoms with Crippen LogP contribution in [0.2, 0.25) is 0 Å². The first-order valence-corrected chi connectivity index (χ1v) is 10.7. The molecule has 3 rings (SSSR count). The second-order valence-corrected chi connectivity index (χ2v) is 9.36. The Kier molecular flexibility index (Phi) is 7.58. The molecule has 158 valence electrons. The number of benzene rings is 2. The molecule has 1 heterocycles. The van der Waals surface area contributed by atoms with Gasteiger partial charge in [0.05, 0.1) is 5.69 Å². The van der Waals surface area contributed by atoms with Crippen LogP contribution in [0.3, 0.4) is 0 Å². The highest BCUT2D eigenvalue weighted by molar-refractivity contribution is 7.80. The molecular weight excluding hydrogens is 468 g/mol. The standard InChI is InChI=1S/C21H19Cl3FN3OS/c22-21(23,24)19(26-18(29)12-11-15-7-2-1-3-8-15)28-14-6-13-27(20(28)30)17-10-5-4-9-16(17)25/h1-5,7-12,19H,6,13-14H2,(H,26,29)/b12-11+. The van der Waals surface area contributed by atoms with Crippen molar-refractivity contribution in [3.8, 4) is 0 Å². The van der Waals surface area contributed by atoms with Gasteiger partial charge in [0.15, 0.2) is 11.3 Å². The number of hydrogen-bond donors (Lipinski definition) is 1. The third-order valence-electron chi connectivity index (χ3n) is 4.53. The summed E-state index contributed by atoms with van der Waals surface area (Å²) in [7, 11) is 0. The number of alkyl halides is 3. The number of para-hydroxylation sites is 1. The second-order valence-electron chi connectivity index (χ2n) is 6.63. The molecule has 0 bridgehead atoms. The fourth-order valence-electron chi connectivity index (χ4n) is 3.13. The van der Waals surface area contributed by atoms with Crippen molar-refractivity contribution in [3.05, 3.63) is 72.1 Å². The molecule has 30 heavy (non-hydrogen) atoms. The second kappa shape index (κ2) is 9.96. The SMILES string of the molecule is O=C(/C=C/c1ccccc1)NC(N1CCCN(c2ccccc2F)C1=S)C(Cl)(Cl)Cl. The Morgan fingerprint density at radius 1 is 1.10 bits per heavy atom.